The fraction of sp³-hybridized carbons (Fsp3) is 0.263. The van der Waals surface area contributed by atoms with Crippen LogP contribution in [0.25, 0.3) is 10.9 Å². The molecule has 0 fully saturated rings. The number of hydrogen-bond acceptors (Lipinski definition) is 7. The van der Waals surface area contributed by atoms with Gasteiger partial charge in [0.25, 0.3) is 0 Å². The lowest BCUT2D eigenvalue weighted by Gasteiger charge is -2.13. The molecular weight excluding hydrogens is 366 g/mol. The zero-order chi connectivity index (χ0) is 18.5. The van der Waals surface area contributed by atoms with E-state index >= 15 is 0 Å². The summed E-state index contributed by atoms with van der Waals surface area (Å²) in [5, 5.41) is 4.19. The van der Waals surface area contributed by atoms with Gasteiger partial charge < -0.3 is 35.2 Å². The van der Waals surface area contributed by atoms with Gasteiger partial charge in [0.15, 0.2) is 23.0 Å². The highest BCUT2D eigenvalue weighted by Gasteiger charge is 2.11. The maximum Gasteiger partial charge on any atom is 0.162 e. The third-order valence-electron chi connectivity index (χ3n) is 4.05. The molecule has 0 aliphatic heterocycles. The van der Waals surface area contributed by atoms with E-state index in [1.165, 1.54) is 6.33 Å². The molecule has 3 rings (SSSR count). The number of rotatable bonds is 7. The third-order valence-corrected chi connectivity index (χ3v) is 4.05. The summed E-state index contributed by atoms with van der Waals surface area (Å²) in [6, 6.07) is 9.48. The summed E-state index contributed by atoms with van der Waals surface area (Å²) in [6.45, 7) is 0.570. The van der Waals surface area contributed by atoms with Crippen molar-refractivity contribution in [3.63, 3.8) is 0 Å². The molecular formula is C19H25N3O6. The Labute approximate surface area is 162 Å². The molecule has 28 heavy (non-hydrogen) atoms. The number of anilines is 1. The molecule has 0 atom stereocenters. The molecule has 0 radical (unpaired) electrons. The van der Waals surface area contributed by atoms with Crippen LogP contribution in [0.5, 0.6) is 23.0 Å². The van der Waals surface area contributed by atoms with Crippen LogP contribution < -0.4 is 24.3 Å². The second-order valence-electron chi connectivity index (χ2n) is 5.49. The topological polar surface area (TPSA) is 138 Å². The van der Waals surface area contributed by atoms with Crippen LogP contribution in [-0.2, 0) is 6.54 Å². The van der Waals surface area contributed by atoms with Crippen LogP contribution in [0.3, 0.4) is 0 Å². The summed E-state index contributed by atoms with van der Waals surface area (Å²) in [5.41, 5.74) is 1.81. The van der Waals surface area contributed by atoms with Gasteiger partial charge in [-0.2, -0.15) is 0 Å². The van der Waals surface area contributed by atoms with Crippen LogP contribution >= 0.6 is 0 Å². The first-order valence-corrected chi connectivity index (χ1v) is 8.01. The molecule has 9 nitrogen and oxygen atoms in total. The van der Waals surface area contributed by atoms with Crippen molar-refractivity contribution in [2.24, 2.45) is 0 Å². The Morgan fingerprint density at radius 3 is 2.00 bits per heavy atom. The largest absolute Gasteiger partial charge is 0.493 e. The van der Waals surface area contributed by atoms with Gasteiger partial charge in [-0.25, -0.2) is 9.97 Å². The number of nitrogens with zero attached hydrogens (tertiary/aromatic N) is 2. The van der Waals surface area contributed by atoms with E-state index in [1.54, 1.807) is 28.4 Å². The van der Waals surface area contributed by atoms with Crippen LogP contribution in [0.15, 0.2) is 36.7 Å². The number of benzene rings is 2. The van der Waals surface area contributed by atoms with Crippen molar-refractivity contribution in [2.75, 3.05) is 33.8 Å². The lowest BCUT2D eigenvalue weighted by molar-refractivity contribution is 0.354. The Morgan fingerprint density at radius 1 is 0.750 bits per heavy atom. The second-order valence-corrected chi connectivity index (χ2v) is 5.49. The maximum atomic E-state index is 5.38. The second kappa shape index (κ2) is 10.1. The standard InChI is InChI=1S/C19H21N3O4.2H2O/c1-23-15-6-5-12(7-16(15)24-2)10-20-19-13-8-17(25-3)18(26-4)9-14(13)21-11-22-19;;/h5-9,11H,10H2,1-4H3,(H,20,21,22);2*1H2. The minimum Gasteiger partial charge on any atom is -0.493 e. The molecule has 9 heteroatoms. The normalized spacial score (nSPS) is 9.71. The van der Waals surface area contributed by atoms with Crippen molar-refractivity contribution in [2.45, 2.75) is 6.54 Å². The Morgan fingerprint density at radius 2 is 1.36 bits per heavy atom. The molecule has 0 saturated heterocycles. The zero-order valence-electron chi connectivity index (χ0n) is 16.2. The molecule has 1 heterocycles. The van der Waals surface area contributed by atoms with Gasteiger partial charge in [0, 0.05) is 18.0 Å². The van der Waals surface area contributed by atoms with E-state index in [9.17, 15) is 0 Å². The number of aromatic nitrogens is 2. The smallest absolute Gasteiger partial charge is 0.162 e. The summed E-state index contributed by atoms with van der Waals surface area (Å²) < 4.78 is 21.3. The number of ether oxygens (including phenoxy) is 4. The Kier molecular flexibility index (Phi) is 8.24. The van der Waals surface area contributed by atoms with Crippen molar-refractivity contribution in [1.82, 2.24) is 9.97 Å². The van der Waals surface area contributed by atoms with Crippen LogP contribution in [0, 0.1) is 0 Å². The Balaban J connectivity index is 0.00000196. The Hall–Kier alpha value is -3.30. The number of nitrogens with one attached hydrogen (secondary N) is 1. The highest BCUT2D eigenvalue weighted by Crippen LogP contribution is 2.34. The van der Waals surface area contributed by atoms with Crippen LogP contribution in [0.2, 0.25) is 0 Å². The van der Waals surface area contributed by atoms with E-state index in [1.807, 2.05) is 30.3 Å². The minimum absolute atomic E-state index is 0. The lowest BCUT2D eigenvalue weighted by atomic mass is 10.1. The average Bonchev–Trinajstić information content (AvgIpc) is 2.70. The third kappa shape index (κ3) is 4.51. The molecule has 2 aromatic carbocycles. The number of fused-ring (bicyclic) bond motifs is 1. The molecule has 0 aliphatic rings. The van der Waals surface area contributed by atoms with Crippen molar-refractivity contribution in [1.29, 1.82) is 0 Å². The molecule has 5 N–H and O–H groups in total. The van der Waals surface area contributed by atoms with Crippen molar-refractivity contribution in [3.8, 4) is 23.0 Å². The van der Waals surface area contributed by atoms with Crippen LogP contribution in [0.4, 0.5) is 5.82 Å². The first kappa shape index (κ1) is 22.7. The van der Waals surface area contributed by atoms with E-state index in [-0.39, 0.29) is 11.0 Å². The summed E-state index contributed by atoms with van der Waals surface area (Å²) in [6.07, 6.45) is 1.52. The van der Waals surface area contributed by atoms with Gasteiger partial charge in [-0.1, -0.05) is 6.07 Å². The van der Waals surface area contributed by atoms with Gasteiger partial charge in [-0.05, 0) is 23.8 Å². The molecule has 0 bridgehead atoms. The Bertz CT molecular complexity index is 920. The first-order chi connectivity index (χ1) is 12.7. The van der Waals surface area contributed by atoms with Gasteiger partial charge in [0.05, 0.1) is 34.0 Å². The van der Waals surface area contributed by atoms with Crippen molar-refractivity contribution >= 4 is 16.7 Å². The zero-order valence-corrected chi connectivity index (χ0v) is 16.2. The highest BCUT2D eigenvalue weighted by atomic mass is 16.5. The van der Waals surface area contributed by atoms with Crippen LogP contribution in [-0.4, -0.2) is 49.4 Å². The van der Waals surface area contributed by atoms with E-state index in [0.29, 0.717) is 35.4 Å². The summed E-state index contributed by atoms with van der Waals surface area (Å²) in [4.78, 5) is 8.66. The summed E-state index contributed by atoms with van der Waals surface area (Å²) in [5.74, 6) is 3.35. The fourth-order valence-electron chi connectivity index (χ4n) is 2.70. The molecule has 0 amide bonds. The minimum atomic E-state index is 0. The van der Waals surface area contributed by atoms with Gasteiger partial charge in [-0.3, -0.25) is 0 Å². The molecule has 152 valence electrons. The van der Waals surface area contributed by atoms with E-state index < -0.39 is 0 Å². The van der Waals surface area contributed by atoms with Crippen molar-refractivity contribution < 1.29 is 29.9 Å². The molecule has 0 aliphatic carbocycles. The molecule has 0 unspecified atom stereocenters. The van der Waals surface area contributed by atoms with Crippen molar-refractivity contribution in [3.05, 3.63) is 42.2 Å². The monoisotopic (exact) mass is 391 g/mol. The highest BCUT2D eigenvalue weighted by molar-refractivity contribution is 5.91. The quantitative estimate of drug-likeness (QED) is 0.646. The molecule has 0 spiro atoms. The van der Waals surface area contributed by atoms with Gasteiger partial charge in [0.2, 0.25) is 0 Å². The number of hydrogen-bond donors (Lipinski definition) is 1. The van der Waals surface area contributed by atoms with Crippen LogP contribution in [0.1, 0.15) is 5.56 Å². The van der Waals surface area contributed by atoms with Gasteiger partial charge in [-0.15, -0.1) is 0 Å². The van der Waals surface area contributed by atoms with Gasteiger partial charge >= 0.3 is 0 Å². The SMILES string of the molecule is COc1ccc(CNc2ncnc3cc(OC)c(OC)cc23)cc1OC.O.O. The summed E-state index contributed by atoms with van der Waals surface area (Å²) in [7, 11) is 6.43. The molecule has 0 saturated carbocycles. The lowest BCUT2D eigenvalue weighted by Crippen LogP contribution is -2.03. The molecule has 1 aromatic heterocycles. The predicted molar refractivity (Wildman–Crippen MR) is 107 cm³/mol. The van der Waals surface area contributed by atoms with E-state index in [4.69, 9.17) is 18.9 Å². The maximum absolute atomic E-state index is 5.38. The number of methoxy groups -OCH3 is 4. The molecule has 3 aromatic rings. The van der Waals surface area contributed by atoms with E-state index in [0.717, 1.165) is 16.5 Å². The first-order valence-electron chi connectivity index (χ1n) is 8.01. The van der Waals surface area contributed by atoms with Gasteiger partial charge in [0.1, 0.15) is 12.1 Å². The fourth-order valence-corrected chi connectivity index (χ4v) is 2.70. The summed E-state index contributed by atoms with van der Waals surface area (Å²) >= 11 is 0. The predicted octanol–water partition coefficient (Wildman–Crippen LogP) is 1.63. The van der Waals surface area contributed by atoms with E-state index in [2.05, 4.69) is 15.3 Å². The average molecular weight is 391 g/mol.